The SMILES string of the molecule is COC1CCN(c2nc(C(F)(F)F)ccc2C[NH3+])CC1. The lowest BCUT2D eigenvalue weighted by Gasteiger charge is -2.33. The van der Waals surface area contributed by atoms with Crippen molar-refractivity contribution >= 4 is 5.82 Å². The van der Waals surface area contributed by atoms with Crippen molar-refractivity contribution in [1.29, 1.82) is 0 Å². The average Bonchev–Trinajstić information content (AvgIpc) is 2.45. The van der Waals surface area contributed by atoms with E-state index in [0.29, 0.717) is 25.5 Å². The number of pyridine rings is 1. The molecule has 1 aliphatic heterocycles. The Bertz CT molecular complexity index is 457. The van der Waals surface area contributed by atoms with Crippen LogP contribution in [-0.4, -0.2) is 31.3 Å². The first-order valence-corrected chi connectivity index (χ1v) is 6.59. The Morgan fingerprint density at radius 3 is 2.50 bits per heavy atom. The van der Waals surface area contributed by atoms with Gasteiger partial charge in [0.05, 0.1) is 6.10 Å². The monoisotopic (exact) mass is 290 g/mol. The van der Waals surface area contributed by atoms with Crippen molar-refractivity contribution in [3.8, 4) is 0 Å². The predicted molar refractivity (Wildman–Crippen MR) is 68.1 cm³/mol. The average molecular weight is 290 g/mol. The molecule has 0 atom stereocenters. The normalized spacial score (nSPS) is 17.6. The lowest BCUT2D eigenvalue weighted by molar-refractivity contribution is -0.386. The molecule has 0 bridgehead atoms. The van der Waals surface area contributed by atoms with Crippen LogP contribution < -0.4 is 10.6 Å². The van der Waals surface area contributed by atoms with E-state index in [1.54, 1.807) is 7.11 Å². The van der Waals surface area contributed by atoms with Crippen molar-refractivity contribution < 1.29 is 23.6 Å². The molecule has 2 rings (SSSR count). The van der Waals surface area contributed by atoms with Crippen molar-refractivity contribution in [3.63, 3.8) is 0 Å². The highest BCUT2D eigenvalue weighted by Crippen LogP contribution is 2.31. The summed E-state index contributed by atoms with van der Waals surface area (Å²) in [4.78, 5) is 5.70. The lowest BCUT2D eigenvalue weighted by atomic mass is 10.1. The Morgan fingerprint density at radius 2 is 2.00 bits per heavy atom. The third-order valence-corrected chi connectivity index (χ3v) is 3.59. The molecule has 0 amide bonds. The maximum Gasteiger partial charge on any atom is 0.433 e. The summed E-state index contributed by atoms with van der Waals surface area (Å²) >= 11 is 0. The minimum absolute atomic E-state index is 0.181. The molecule has 0 unspecified atom stereocenters. The maximum absolute atomic E-state index is 12.8. The van der Waals surface area contributed by atoms with Crippen LogP contribution in [0.2, 0.25) is 0 Å². The number of nitrogens with zero attached hydrogens (tertiary/aromatic N) is 2. The van der Waals surface area contributed by atoms with Gasteiger partial charge in [0.25, 0.3) is 0 Å². The van der Waals surface area contributed by atoms with Crippen LogP contribution in [0.5, 0.6) is 0 Å². The zero-order valence-corrected chi connectivity index (χ0v) is 11.4. The number of rotatable bonds is 3. The summed E-state index contributed by atoms with van der Waals surface area (Å²) in [5.74, 6) is 0.407. The van der Waals surface area contributed by atoms with E-state index >= 15 is 0 Å². The molecule has 4 nitrogen and oxygen atoms in total. The summed E-state index contributed by atoms with van der Waals surface area (Å²) < 4.78 is 43.6. The molecule has 0 aliphatic carbocycles. The van der Waals surface area contributed by atoms with Gasteiger partial charge in [-0.1, -0.05) is 0 Å². The van der Waals surface area contributed by atoms with E-state index in [0.717, 1.165) is 24.5 Å². The Labute approximate surface area is 115 Å². The molecule has 0 radical (unpaired) electrons. The largest absolute Gasteiger partial charge is 0.433 e. The van der Waals surface area contributed by atoms with Gasteiger partial charge in [-0.15, -0.1) is 0 Å². The standard InChI is InChI=1S/C13H18F3N3O/c1-20-10-4-6-19(7-5-10)12-9(8-17)2-3-11(18-12)13(14,15)16/h2-3,10H,4-8,17H2,1H3/p+1. The van der Waals surface area contributed by atoms with E-state index < -0.39 is 11.9 Å². The first kappa shape index (κ1) is 15.1. The molecule has 2 heterocycles. The summed E-state index contributed by atoms with van der Waals surface area (Å²) in [6.07, 6.45) is -2.64. The maximum atomic E-state index is 12.8. The number of piperidine rings is 1. The first-order valence-electron chi connectivity index (χ1n) is 6.59. The van der Waals surface area contributed by atoms with E-state index in [9.17, 15) is 13.2 Å². The van der Waals surface area contributed by atoms with Crippen molar-refractivity contribution in [3.05, 3.63) is 23.4 Å². The summed E-state index contributed by atoms with van der Waals surface area (Å²) in [7, 11) is 1.66. The first-order chi connectivity index (χ1) is 9.45. The topological polar surface area (TPSA) is 53.0 Å². The molecule has 0 spiro atoms. The van der Waals surface area contributed by atoms with Crippen LogP contribution in [0.15, 0.2) is 12.1 Å². The van der Waals surface area contributed by atoms with Gasteiger partial charge in [-0.2, -0.15) is 13.2 Å². The van der Waals surface area contributed by atoms with E-state index in [1.807, 2.05) is 4.90 Å². The summed E-state index contributed by atoms with van der Waals surface area (Å²) in [5, 5.41) is 0. The number of halogens is 3. The minimum atomic E-state index is -4.42. The van der Waals surface area contributed by atoms with Crippen LogP contribution in [0.25, 0.3) is 0 Å². The molecule has 1 aliphatic rings. The fourth-order valence-corrected chi connectivity index (χ4v) is 2.41. The highest BCUT2D eigenvalue weighted by Gasteiger charge is 2.34. The van der Waals surface area contributed by atoms with E-state index in [4.69, 9.17) is 4.74 Å². The van der Waals surface area contributed by atoms with Crippen molar-refractivity contribution in [1.82, 2.24) is 4.98 Å². The summed E-state index contributed by atoms with van der Waals surface area (Å²) in [6.45, 7) is 1.73. The molecule has 7 heteroatoms. The molecular formula is C13H19F3N3O+. The number of anilines is 1. The van der Waals surface area contributed by atoms with Gasteiger partial charge in [-0.25, -0.2) is 4.98 Å². The van der Waals surface area contributed by atoms with Gasteiger partial charge in [0, 0.05) is 25.8 Å². The molecule has 0 saturated carbocycles. The van der Waals surface area contributed by atoms with Crippen molar-refractivity contribution in [2.75, 3.05) is 25.1 Å². The lowest BCUT2D eigenvalue weighted by Crippen LogP contribution is -2.48. The Hall–Kier alpha value is -1.34. The number of methoxy groups -OCH3 is 1. The smallest absolute Gasteiger partial charge is 0.381 e. The molecule has 20 heavy (non-hydrogen) atoms. The fourth-order valence-electron chi connectivity index (χ4n) is 2.41. The highest BCUT2D eigenvalue weighted by molar-refractivity contribution is 5.48. The van der Waals surface area contributed by atoms with E-state index in [-0.39, 0.29) is 6.10 Å². The zero-order valence-electron chi connectivity index (χ0n) is 11.4. The third kappa shape index (κ3) is 3.21. The van der Waals surface area contributed by atoms with Crippen molar-refractivity contribution in [2.24, 2.45) is 0 Å². The molecule has 3 N–H and O–H groups in total. The number of alkyl halides is 3. The van der Waals surface area contributed by atoms with Crippen LogP contribution in [0.1, 0.15) is 24.1 Å². The fraction of sp³-hybridized carbons (Fsp3) is 0.615. The minimum Gasteiger partial charge on any atom is -0.381 e. The number of quaternary nitrogens is 1. The van der Waals surface area contributed by atoms with Gasteiger partial charge in [0.1, 0.15) is 18.1 Å². The molecule has 0 aromatic carbocycles. The van der Waals surface area contributed by atoms with E-state index in [1.165, 1.54) is 6.07 Å². The van der Waals surface area contributed by atoms with Crippen LogP contribution >= 0.6 is 0 Å². The molecule has 1 aromatic heterocycles. The number of aromatic nitrogens is 1. The second kappa shape index (κ2) is 5.97. The van der Waals surface area contributed by atoms with Crippen LogP contribution in [0, 0.1) is 0 Å². The third-order valence-electron chi connectivity index (χ3n) is 3.59. The van der Waals surface area contributed by atoms with Crippen LogP contribution in [0.3, 0.4) is 0 Å². The van der Waals surface area contributed by atoms with Gasteiger partial charge in [0.2, 0.25) is 0 Å². The zero-order chi connectivity index (χ0) is 14.8. The van der Waals surface area contributed by atoms with Crippen LogP contribution in [0.4, 0.5) is 19.0 Å². The van der Waals surface area contributed by atoms with E-state index in [2.05, 4.69) is 10.7 Å². The second-order valence-electron chi connectivity index (χ2n) is 4.85. The van der Waals surface area contributed by atoms with Crippen molar-refractivity contribution in [2.45, 2.75) is 31.7 Å². The number of hydrogen-bond donors (Lipinski definition) is 1. The number of hydrogen-bond acceptors (Lipinski definition) is 3. The summed E-state index contributed by atoms with van der Waals surface area (Å²) in [6, 6.07) is 2.49. The van der Waals surface area contributed by atoms with Gasteiger partial charge in [0.15, 0.2) is 0 Å². The van der Waals surface area contributed by atoms with Crippen LogP contribution in [-0.2, 0) is 17.5 Å². The molecule has 1 fully saturated rings. The number of ether oxygens (including phenoxy) is 1. The summed E-state index contributed by atoms with van der Waals surface area (Å²) in [5.41, 5.74) is 3.66. The highest BCUT2D eigenvalue weighted by atomic mass is 19.4. The second-order valence-corrected chi connectivity index (χ2v) is 4.85. The quantitative estimate of drug-likeness (QED) is 0.917. The Balaban J connectivity index is 2.25. The molecular weight excluding hydrogens is 271 g/mol. The van der Waals surface area contributed by atoms with Gasteiger partial charge >= 0.3 is 6.18 Å². The predicted octanol–water partition coefficient (Wildman–Crippen LogP) is 1.46. The van der Waals surface area contributed by atoms with Gasteiger partial charge in [-0.3, -0.25) is 0 Å². The van der Waals surface area contributed by atoms with Gasteiger partial charge in [-0.05, 0) is 25.0 Å². The molecule has 112 valence electrons. The molecule has 1 saturated heterocycles. The molecule has 1 aromatic rings. The van der Waals surface area contributed by atoms with Gasteiger partial charge < -0.3 is 15.4 Å². The Kier molecular flexibility index (Phi) is 4.49. The Morgan fingerprint density at radius 1 is 1.35 bits per heavy atom.